The van der Waals surface area contributed by atoms with Crippen molar-refractivity contribution in [3.63, 3.8) is 0 Å². The molecule has 2 aliphatic heterocycles. The second kappa shape index (κ2) is 7.31. The Morgan fingerprint density at radius 3 is 2.71 bits per heavy atom. The number of rotatable bonds is 4. The lowest BCUT2D eigenvalue weighted by atomic mass is 9.98. The van der Waals surface area contributed by atoms with Gasteiger partial charge in [-0.1, -0.05) is 25.4 Å². The van der Waals surface area contributed by atoms with Gasteiger partial charge < -0.3 is 9.64 Å². The number of thiophene rings is 1. The van der Waals surface area contributed by atoms with E-state index in [4.69, 9.17) is 16.3 Å². The van der Waals surface area contributed by atoms with Gasteiger partial charge in [-0.2, -0.15) is 0 Å². The molecule has 1 atom stereocenters. The van der Waals surface area contributed by atoms with Crippen LogP contribution in [0.2, 0.25) is 5.02 Å². The summed E-state index contributed by atoms with van der Waals surface area (Å²) >= 11 is 7.44. The molecular formula is C17H23ClN2O3S. The molecule has 24 heavy (non-hydrogen) atoms. The Balaban J connectivity index is 1.61. The first-order chi connectivity index (χ1) is 11.5. The fourth-order valence-corrected chi connectivity index (χ4v) is 4.68. The van der Waals surface area contributed by atoms with Gasteiger partial charge in [0.05, 0.1) is 11.1 Å². The number of hydrogen-bond acceptors (Lipinski definition) is 4. The number of carbonyl (C=O) groups is 2. The number of nitrogens with zero attached hydrogens (tertiary/aromatic N) is 2. The van der Waals surface area contributed by atoms with Crippen molar-refractivity contribution in [2.24, 2.45) is 5.92 Å². The number of ether oxygens (including phenoxy) is 1. The Hall–Kier alpha value is -1.27. The van der Waals surface area contributed by atoms with E-state index in [9.17, 15) is 9.59 Å². The van der Waals surface area contributed by atoms with Crippen molar-refractivity contribution in [1.29, 1.82) is 0 Å². The Morgan fingerprint density at radius 2 is 2.12 bits per heavy atom. The van der Waals surface area contributed by atoms with Crippen LogP contribution in [0.3, 0.4) is 0 Å². The van der Waals surface area contributed by atoms with Gasteiger partial charge in [-0.15, -0.1) is 11.3 Å². The third-order valence-electron chi connectivity index (χ3n) is 4.70. The van der Waals surface area contributed by atoms with Gasteiger partial charge in [-0.05, 0) is 36.6 Å². The van der Waals surface area contributed by atoms with E-state index in [1.54, 1.807) is 6.07 Å². The van der Waals surface area contributed by atoms with Crippen LogP contribution < -0.4 is 0 Å². The molecule has 1 aromatic heterocycles. The minimum atomic E-state index is -0.202. The molecule has 2 fully saturated rings. The molecule has 0 saturated carbocycles. The van der Waals surface area contributed by atoms with Crippen molar-refractivity contribution in [1.82, 2.24) is 9.80 Å². The van der Waals surface area contributed by atoms with Gasteiger partial charge in [0.25, 0.3) is 5.91 Å². The minimum absolute atomic E-state index is 0.00354. The first-order valence-electron chi connectivity index (χ1n) is 8.44. The average Bonchev–Trinajstić information content (AvgIpc) is 3.12. The summed E-state index contributed by atoms with van der Waals surface area (Å²) in [5.41, 5.74) is 0. The molecule has 0 bridgehead atoms. The van der Waals surface area contributed by atoms with Gasteiger partial charge in [0.1, 0.15) is 11.5 Å². The summed E-state index contributed by atoms with van der Waals surface area (Å²) in [6, 6.07) is 2.08. The fourth-order valence-electron chi connectivity index (χ4n) is 3.58. The predicted octanol–water partition coefficient (Wildman–Crippen LogP) is 3.87. The van der Waals surface area contributed by atoms with Crippen LogP contribution in [-0.4, -0.2) is 53.6 Å². The van der Waals surface area contributed by atoms with E-state index in [1.165, 1.54) is 11.3 Å². The van der Waals surface area contributed by atoms with Crippen LogP contribution >= 0.6 is 22.9 Å². The van der Waals surface area contributed by atoms with Gasteiger partial charge in [-0.3, -0.25) is 9.69 Å². The van der Waals surface area contributed by atoms with Crippen molar-refractivity contribution >= 4 is 34.9 Å². The van der Waals surface area contributed by atoms with Gasteiger partial charge in [0.15, 0.2) is 0 Å². The molecule has 132 valence electrons. The second-order valence-electron chi connectivity index (χ2n) is 6.89. The molecule has 1 unspecified atom stereocenters. The molecular weight excluding hydrogens is 348 g/mol. The van der Waals surface area contributed by atoms with Gasteiger partial charge in [0, 0.05) is 19.1 Å². The molecule has 3 rings (SSSR count). The molecule has 2 saturated heterocycles. The number of piperidine rings is 1. The van der Waals surface area contributed by atoms with Crippen LogP contribution in [0.25, 0.3) is 0 Å². The van der Waals surface area contributed by atoms with E-state index in [2.05, 4.69) is 13.8 Å². The normalized spacial score (nSPS) is 22.3. The molecule has 3 heterocycles. The summed E-state index contributed by atoms with van der Waals surface area (Å²) in [7, 11) is 0. The molecule has 0 aromatic carbocycles. The molecule has 7 heteroatoms. The standard InChI is InChI=1S/C17H23ClN2O3S/c1-11(2)9-13-10-23-17(22)20(13)12-3-6-19(7-4-12)16(21)15-14(18)5-8-24-15/h5,8,11-13H,3-4,6-7,9-10H2,1-2H3. The molecule has 0 aliphatic carbocycles. The van der Waals surface area contributed by atoms with Gasteiger partial charge in [-0.25, -0.2) is 4.79 Å². The van der Waals surface area contributed by atoms with Crippen LogP contribution in [0.5, 0.6) is 0 Å². The highest BCUT2D eigenvalue weighted by Crippen LogP contribution is 2.29. The van der Waals surface area contributed by atoms with Gasteiger partial charge in [0.2, 0.25) is 0 Å². The number of halogens is 1. The molecule has 2 aliphatic rings. The highest BCUT2D eigenvalue weighted by Gasteiger charge is 2.40. The third kappa shape index (κ3) is 3.54. The van der Waals surface area contributed by atoms with E-state index in [1.807, 2.05) is 15.2 Å². The third-order valence-corrected chi connectivity index (χ3v) is 6.03. The second-order valence-corrected chi connectivity index (χ2v) is 8.21. The zero-order valence-electron chi connectivity index (χ0n) is 14.0. The number of cyclic esters (lactones) is 1. The van der Waals surface area contributed by atoms with E-state index >= 15 is 0 Å². The zero-order chi connectivity index (χ0) is 17.3. The Labute approximate surface area is 151 Å². The molecule has 0 N–H and O–H groups in total. The summed E-state index contributed by atoms with van der Waals surface area (Å²) < 4.78 is 5.27. The number of hydrogen-bond donors (Lipinski definition) is 0. The Bertz CT molecular complexity index is 611. The SMILES string of the molecule is CC(C)CC1COC(=O)N1C1CCN(C(=O)c2sccc2Cl)CC1. The zero-order valence-corrected chi connectivity index (χ0v) is 15.6. The van der Waals surface area contributed by atoms with Crippen LogP contribution in [0.1, 0.15) is 42.8 Å². The average molecular weight is 371 g/mol. The lowest BCUT2D eigenvalue weighted by Gasteiger charge is -2.38. The number of carbonyl (C=O) groups excluding carboxylic acids is 2. The highest BCUT2D eigenvalue weighted by atomic mass is 35.5. The van der Waals surface area contributed by atoms with Crippen molar-refractivity contribution in [2.75, 3.05) is 19.7 Å². The molecule has 5 nitrogen and oxygen atoms in total. The van der Waals surface area contributed by atoms with Crippen molar-refractivity contribution in [3.8, 4) is 0 Å². The summed E-state index contributed by atoms with van der Waals surface area (Å²) in [5.74, 6) is 0.519. The maximum absolute atomic E-state index is 12.5. The minimum Gasteiger partial charge on any atom is -0.447 e. The number of amides is 2. The first kappa shape index (κ1) is 17.5. The van der Waals surface area contributed by atoms with E-state index in [-0.39, 0.29) is 24.1 Å². The van der Waals surface area contributed by atoms with Crippen molar-refractivity contribution < 1.29 is 14.3 Å². The molecule has 2 amide bonds. The summed E-state index contributed by atoms with van der Waals surface area (Å²) in [5, 5.41) is 2.35. The summed E-state index contributed by atoms with van der Waals surface area (Å²) in [6.07, 6.45) is 2.33. The van der Waals surface area contributed by atoms with Crippen LogP contribution in [-0.2, 0) is 4.74 Å². The van der Waals surface area contributed by atoms with Crippen molar-refractivity contribution in [3.05, 3.63) is 21.3 Å². The number of likely N-dealkylation sites (tertiary alicyclic amines) is 1. The summed E-state index contributed by atoms with van der Waals surface area (Å²) in [4.78, 5) is 29.0. The first-order valence-corrected chi connectivity index (χ1v) is 9.70. The maximum atomic E-state index is 12.5. The van der Waals surface area contributed by atoms with Crippen LogP contribution in [0, 0.1) is 5.92 Å². The van der Waals surface area contributed by atoms with Crippen LogP contribution in [0.15, 0.2) is 11.4 Å². The van der Waals surface area contributed by atoms with E-state index in [0.29, 0.717) is 35.5 Å². The smallest absolute Gasteiger partial charge is 0.410 e. The lowest BCUT2D eigenvalue weighted by molar-refractivity contribution is 0.0635. The summed E-state index contributed by atoms with van der Waals surface area (Å²) in [6.45, 7) is 6.10. The Morgan fingerprint density at radius 1 is 1.42 bits per heavy atom. The van der Waals surface area contributed by atoms with Crippen molar-refractivity contribution in [2.45, 2.75) is 45.2 Å². The highest BCUT2D eigenvalue weighted by molar-refractivity contribution is 7.12. The predicted molar refractivity (Wildman–Crippen MR) is 94.7 cm³/mol. The fraction of sp³-hybridized carbons (Fsp3) is 0.647. The quantitative estimate of drug-likeness (QED) is 0.808. The van der Waals surface area contributed by atoms with E-state index < -0.39 is 0 Å². The molecule has 0 spiro atoms. The topological polar surface area (TPSA) is 49.9 Å². The maximum Gasteiger partial charge on any atom is 0.410 e. The lowest BCUT2D eigenvalue weighted by Crippen LogP contribution is -2.50. The monoisotopic (exact) mass is 370 g/mol. The molecule has 1 aromatic rings. The Kier molecular flexibility index (Phi) is 5.35. The van der Waals surface area contributed by atoms with E-state index in [0.717, 1.165) is 19.3 Å². The van der Waals surface area contributed by atoms with Crippen LogP contribution in [0.4, 0.5) is 4.79 Å². The largest absolute Gasteiger partial charge is 0.447 e. The molecule has 0 radical (unpaired) electrons. The van der Waals surface area contributed by atoms with Gasteiger partial charge >= 0.3 is 6.09 Å².